The van der Waals surface area contributed by atoms with Gasteiger partial charge in [-0.15, -0.1) is 0 Å². The minimum absolute atomic E-state index is 0.970. The highest BCUT2D eigenvalue weighted by Gasteiger charge is 2.07. The van der Waals surface area contributed by atoms with Crippen LogP contribution in [0.15, 0.2) is 101 Å². The standard InChI is InChI=1S/C25H27NS/c1-3-26(4-2)20-19-25(21-11-7-5-8-12-21)22-15-17-24(18-16-22)27-23-13-9-6-10-14-23/h5-19H,3-4,20H2,1-2H3. The Hall–Kier alpha value is -2.29. The van der Waals surface area contributed by atoms with Crippen LogP contribution in [-0.2, 0) is 0 Å². The summed E-state index contributed by atoms with van der Waals surface area (Å²) < 4.78 is 0. The second-order valence-electron chi connectivity index (χ2n) is 6.41. The lowest BCUT2D eigenvalue weighted by Gasteiger charge is -2.17. The molecule has 0 bridgehead atoms. The molecule has 0 heterocycles. The molecule has 0 fully saturated rings. The lowest BCUT2D eigenvalue weighted by Crippen LogP contribution is -2.22. The Labute approximate surface area is 167 Å². The monoisotopic (exact) mass is 373 g/mol. The van der Waals surface area contributed by atoms with Crippen molar-refractivity contribution in [3.05, 3.63) is 102 Å². The average Bonchev–Trinajstić information content (AvgIpc) is 2.74. The zero-order chi connectivity index (χ0) is 18.9. The van der Waals surface area contributed by atoms with Gasteiger partial charge < -0.3 is 4.90 Å². The fraction of sp³-hybridized carbons (Fsp3) is 0.200. The topological polar surface area (TPSA) is 3.24 Å². The normalized spacial score (nSPS) is 11.7. The molecule has 0 unspecified atom stereocenters. The third-order valence-corrected chi connectivity index (χ3v) is 5.69. The third-order valence-electron chi connectivity index (χ3n) is 4.68. The molecule has 0 atom stereocenters. The Morgan fingerprint density at radius 2 is 1.22 bits per heavy atom. The maximum Gasteiger partial charge on any atom is 0.0172 e. The average molecular weight is 374 g/mol. The predicted octanol–water partition coefficient (Wildman–Crippen LogP) is 6.61. The highest BCUT2D eigenvalue weighted by molar-refractivity contribution is 7.99. The van der Waals surface area contributed by atoms with Crippen molar-refractivity contribution in [1.29, 1.82) is 0 Å². The molecule has 0 radical (unpaired) electrons. The van der Waals surface area contributed by atoms with Crippen LogP contribution >= 0.6 is 11.8 Å². The molecule has 0 aliphatic heterocycles. The molecule has 0 saturated heterocycles. The Balaban J connectivity index is 1.84. The zero-order valence-corrected chi connectivity index (χ0v) is 17.0. The van der Waals surface area contributed by atoms with Crippen LogP contribution in [0.25, 0.3) is 5.57 Å². The van der Waals surface area contributed by atoms with Gasteiger partial charge in [0.1, 0.15) is 0 Å². The summed E-state index contributed by atoms with van der Waals surface area (Å²) in [5.74, 6) is 0. The first kappa shape index (κ1) is 19.5. The van der Waals surface area contributed by atoms with Crippen molar-refractivity contribution in [3.63, 3.8) is 0 Å². The van der Waals surface area contributed by atoms with Crippen molar-refractivity contribution in [1.82, 2.24) is 4.90 Å². The molecular weight excluding hydrogens is 346 g/mol. The molecule has 27 heavy (non-hydrogen) atoms. The van der Waals surface area contributed by atoms with E-state index in [9.17, 15) is 0 Å². The minimum Gasteiger partial charge on any atom is -0.300 e. The lowest BCUT2D eigenvalue weighted by atomic mass is 9.97. The van der Waals surface area contributed by atoms with Crippen molar-refractivity contribution in [2.75, 3.05) is 19.6 Å². The van der Waals surface area contributed by atoms with Gasteiger partial charge >= 0.3 is 0 Å². The first-order chi connectivity index (χ1) is 13.3. The van der Waals surface area contributed by atoms with Gasteiger partial charge in [0.2, 0.25) is 0 Å². The summed E-state index contributed by atoms with van der Waals surface area (Å²) in [6, 6.07) is 30.1. The molecule has 3 aromatic carbocycles. The van der Waals surface area contributed by atoms with Crippen molar-refractivity contribution in [3.8, 4) is 0 Å². The molecule has 0 N–H and O–H groups in total. The SMILES string of the molecule is CCN(CC)CC=C(c1ccccc1)c1ccc(Sc2ccccc2)cc1. The molecule has 3 rings (SSSR count). The number of hydrogen-bond acceptors (Lipinski definition) is 2. The van der Waals surface area contributed by atoms with E-state index in [1.807, 2.05) is 0 Å². The van der Waals surface area contributed by atoms with Gasteiger partial charge in [-0.05, 0) is 54.1 Å². The predicted molar refractivity (Wildman–Crippen MR) is 118 cm³/mol. The van der Waals surface area contributed by atoms with Gasteiger partial charge in [0.25, 0.3) is 0 Å². The number of hydrogen-bond donors (Lipinski definition) is 0. The molecule has 0 aliphatic rings. The Bertz CT molecular complexity index is 835. The Kier molecular flexibility index (Phi) is 7.32. The van der Waals surface area contributed by atoms with Gasteiger partial charge in [-0.25, -0.2) is 0 Å². The van der Waals surface area contributed by atoms with Gasteiger partial charge in [0.05, 0.1) is 0 Å². The molecule has 0 spiro atoms. The molecule has 138 valence electrons. The first-order valence-corrected chi connectivity index (χ1v) is 10.4. The van der Waals surface area contributed by atoms with Crippen LogP contribution in [0.1, 0.15) is 25.0 Å². The van der Waals surface area contributed by atoms with Crippen LogP contribution in [0.5, 0.6) is 0 Å². The highest BCUT2D eigenvalue weighted by Crippen LogP contribution is 2.30. The minimum atomic E-state index is 0.970. The van der Waals surface area contributed by atoms with Crippen LogP contribution in [0, 0.1) is 0 Å². The molecular formula is C25H27NS. The Morgan fingerprint density at radius 3 is 1.81 bits per heavy atom. The smallest absolute Gasteiger partial charge is 0.0172 e. The van der Waals surface area contributed by atoms with E-state index in [1.54, 1.807) is 11.8 Å². The highest BCUT2D eigenvalue weighted by atomic mass is 32.2. The zero-order valence-electron chi connectivity index (χ0n) is 16.1. The van der Waals surface area contributed by atoms with Crippen LogP contribution in [-0.4, -0.2) is 24.5 Å². The van der Waals surface area contributed by atoms with Gasteiger partial charge in [-0.3, -0.25) is 0 Å². The second kappa shape index (κ2) is 10.1. The van der Waals surface area contributed by atoms with E-state index >= 15 is 0 Å². The van der Waals surface area contributed by atoms with Gasteiger partial charge in [0, 0.05) is 16.3 Å². The van der Waals surface area contributed by atoms with Crippen LogP contribution in [0.2, 0.25) is 0 Å². The largest absolute Gasteiger partial charge is 0.300 e. The van der Waals surface area contributed by atoms with Crippen LogP contribution in [0.4, 0.5) is 0 Å². The molecule has 2 heteroatoms. The molecule has 3 aromatic rings. The van der Waals surface area contributed by atoms with Crippen LogP contribution < -0.4 is 0 Å². The van der Waals surface area contributed by atoms with E-state index in [2.05, 4.69) is 110 Å². The fourth-order valence-corrected chi connectivity index (χ4v) is 3.89. The molecule has 0 aliphatic carbocycles. The maximum atomic E-state index is 2.43. The van der Waals surface area contributed by atoms with Crippen molar-refractivity contribution < 1.29 is 0 Å². The van der Waals surface area contributed by atoms with Gasteiger partial charge in [-0.1, -0.05) is 92.3 Å². The quantitative estimate of drug-likeness (QED) is 0.437. The first-order valence-electron chi connectivity index (χ1n) is 9.61. The van der Waals surface area contributed by atoms with E-state index in [-0.39, 0.29) is 0 Å². The van der Waals surface area contributed by atoms with Gasteiger partial charge in [0.15, 0.2) is 0 Å². The third kappa shape index (κ3) is 5.59. The summed E-state index contributed by atoms with van der Waals surface area (Å²) in [5.41, 5.74) is 3.85. The van der Waals surface area contributed by atoms with E-state index < -0.39 is 0 Å². The summed E-state index contributed by atoms with van der Waals surface area (Å²) in [4.78, 5) is 4.97. The maximum absolute atomic E-state index is 2.43. The fourth-order valence-electron chi connectivity index (χ4n) is 3.05. The van der Waals surface area contributed by atoms with Crippen molar-refractivity contribution in [2.24, 2.45) is 0 Å². The molecule has 0 amide bonds. The summed E-state index contributed by atoms with van der Waals surface area (Å²) in [6.45, 7) is 7.55. The van der Waals surface area contributed by atoms with Crippen molar-refractivity contribution in [2.45, 2.75) is 23.6 Å². The molecule has 0 saturated carbocycles. The number of nitrogens with zero attached hydrogens (tertiary/aromatic N) is 1. The second-order valence-corrected chi connectivity index (χ2v) is 7.56. The number of rotatable bonds is 8. The van der Waals surface area contributed by atoms with Crippen molar-refractivity contribution >= 4 is 17.3 Å². The summed E-state index contributed by atoms with van der Waals surface area (Å²) in [7, 11) is 0. The van der Waals surface area contributed by atoms with E-state index in [4.69, 9.17) is 0 Å². The van der Waals surface area contributed by atoms with Gasteiger partial charge in [-0.2, -0.15) is 0 Å². The number of likely N-dealkylation sites (N-methyl/N-ethyl adjacent to an activating group) is 1. The van der Waals surface area contributed by atoms with E-state index in [0.717, 1.165) is 19.6 Å². The summed E-state index contributed by atoms with van der Waals surface area (Å²) >= 11 is 1.80. The van der Waals surface area contributed by atoms with Crippen LogP contribution in [0.3, 0.4) is 0 Å². The summed E-state index contributed by atoms with van der Waals surface area (Å²) in [6.07, 6.45) is 2.36. The molecule has 1 nitrogen and oxygen atoms in total. The molecule has 0 aromatic heterocycles. The number of benzene rings is 3. The lowest BCUT2D eigenvalue weighted by molar-refractivity contribution is 0.337. The van der Waals surface area contributed by atoms with E-state index in [0.29, 0.717) is 0 Å². The Morgan fingerprint density at radius 1 is 0.704 bits per heavy atom. The van der Waals surface area contributed by atoms with E-state index in [1.165, 1.54) is 26.5 Å². The summed E-state index contributed by atoms with van der Waals surface area (Å²) in [5, 5.41) is 0.